The Labute approximate surface area is 93.7 Å². The molecule has 0 aliphatic rings. The minimum absolute atomic E-state index is 0.185. The van der Waals surface area contributed by atoms with E-state index in [0.29, 0.717) is 6.29 Å². The fourth-order valence-corrected chi connectivity index (χ4v) is 1.34. The molecular formula is C12H13NO3. The Balaban J connectivity index is 2.63. The van der Waals surface area contributed by atoms with Crippen LogP contribution in [0.5, 0.6) is 0 Å². The minimum Gasteiger partial charge on any atom is -0.303 e. The van der Waals surface area contributed by atoms with Gasteiger partial charge in [-0.05, 0) is 5.56 Å². The standard InChI is InChI=1S/C12H13NO3/c14-9-8-12(10-13(15)16)7-6-11-4-2-1-3-5-11/h1-7,9,12H,8,10H2/b7-6+. The van der Waals surface area contributed by atoms with Crippen molar-refractivity contribution < 1.29 is 9.72 Å². The average Bonchev–Trinajstić information content (AvgIpc) is 2.27. The largest absolute Gasteiger partial charge is 0.303 e. The number of benzene rings is 1. The van der Waals surface area contributed by atoms with Gasteiger partial charge < -0.3 is 4.79 Å². The van der Waals surface area contributed by atoms with Crippen molar-refractivity contribution in [3.05, 3.63) is 52.1 Å². The van der Waals surface area contributed by atoms with Crippen LogP contribution in [0.3, 0.4) is 0 Å². The van der Waals surface area contributed by atoms with Crippen LogP contribution in [0.25, 0.3) is 6.08 Å². The Morgan fingerprint density at radius 3 is 2.56 bits per heavy atom. The van der Waals surface area contributed by atoms with E-state index in [1.54, 1.807) is 12.2 Å². The van der Waals surface area contributed by atoms with E-state index in [1.807, 2.05) is 30.3 Å². The van der Waals surface area contributed by atoms with Crippen molar-refractivity contribution in [2.75, 3.05) is 6.54 Å². The van der Waals surface area contributed by atoms with Gasteiger partial charge in [-0.2, -0.15) is 0 Å². The van der Waals surface area contributed by atoms with Crippen LogP contribution in [-0.4, -0.2) is 17.8 Å². The van der Waals surface area contributed by atoms with Crippen LogP contribution in [0.15, 0.2) is 36.4 Å². The highest BCUT2D eigenvalue weighted by Gasteiger charge is 2.10. The maximum atomic E-state index is 10.4. The van der Waals surface area contributed by atoms with Crippen LogP contribution < -0.4 is 0 Å². The van der Waals surface area contributed by atoms with E-state index < -0.39 is 4.92 Å². The lowest BCUT2D eigenvalue weighted by Gasteiger charge is -2.02. The zero-order chi connectivity index (χ0) is 11.8. The first-order chi connectivity index (χ1) is 7.72. The summed E-state index contributed by atoms with van der Waals surface area (Å²) >= 11 is 0. The van der Waals surface area contributed by atoms with Crippen molar-refractivity contribution in [1.29, 1.82) is 0 Å². The van der Waals surface area contributed by atoms with E-state index >= 15 is 0 Å². The monoisotopic (exact) mass is 219 g/mol. The Hall–Kier alpha value is -1.97. The molecule has 0 saturated heterocycles. The van der Waals surface area contributed by atoms with Crippen molar-refractivity contribution in [2.45, 2.75) is 6.42 Å². The maximum absolute atomic E-state index is 10.4. The van der Waals surface area contributed by atoms with Gasteiger partial charge >= 0.3 is 0 Å². The van der Waals surface area contributed by atoms with Gasteiger partial charge in [0.05, 0.1) is 0 Å². The van der Waals surface area contributed by atoms with Gasteiger partial charge in [0.1, 0.15) is 6.29 Å². The average molecular weight is 219 g/mol. The lowest BCUT2D eigenvalue weighted by molar-refractivity contribution is -0.485. The Kier molecular flexibility index (Phi) is 4.92. The number of rotatable bonds is 6. The molecule has 0 aliphatic heterocycles. The molecule has 16 heavy (non-hydrogen) atoms. The first-order valence-electron chi connectivity index (χ1n) is 5.01. The van der Waals surface area contributed by atoms with Crippen LogP contribution >= 0.6 is 0 Å². The van der Waals surface area contributed by atoms with Crippen LogP contribution in [-0.2, 0) is 4.79 Å². The number of nitrogens with zero attached hydrogens (tertiary/aromatic N) is 1. The first-order valence-corrected chi connectivity index (χ1v) is 5.01. The summed E-state index contributed by atoms with van der Waals surface area (Å²) in [5.41, 5.74) is 0.974. The number of aldehydes is 1. The van der Waals surface area contributed by atoms with Crippen molar-refractivity contribution in [3.63, 3.8) is 0 Å². The van der Waals surface area contributed by atoms with Gasteiger partial charge in [0.2, 0.25) is 6.54 Å². The summed E-state index contributed by atoms with van der Waals surface area (Å²) in [7, 11) is 0. The molecule has 1 rings (SSSR count). The van der Waals surface area contributed by atoms with E-state index in [2.05, 4.69) is 0 Å². The second-order valence-electron chi connectivity index (χ2n) is 3.45. The summed E-state index contributed by atoms with van der Waals surface area (Å²) in [5.74, 6) is -0.326. The molecule has 0 heterocycles. The van der Waals surface area contributed by atoms with E-state index in [1.165, 1.54) is 0 Å². The van der Waals surface area contributed by atoms with E-state index in [0.717, 1.165) is 5.56 Å². The topological polar surface area (TPSA) is 60.2 Å². The van der Waals surface area contributed by atoms with Gasteiger partial charge in [0.15, 0.2) is 0 Å². The highest BCUT2D eigenvalue weighted by Crippen LogP contribution is 2.08. The van der Waals surface area contributed by atoms with Gasteiger partial charge in [0.25, 0.3) is 0 Å². The SMILES string of the molecule is O=CCC(/C=C/c1ccccc1)C[N+](=O)[O-]. The summed E-state index contributed by atoms with van der Waals surface area (Å²) in [5, 5.41) is 10.4. The second kappa shape index (κ2) is 6.50. The molecule has 84 valence electrons. The molecule has 1 atom stereocenters. The molecule has 0 aliphatic carbocycles. The van der Waals surface area contributed by atoms with Gasteiger partial charge in [0, 0.05) is 17.3 Å². The van der Waals surface area contributed by atoms with Crippen molar-refractivity contribution in [3.8, 4) is 0 Å². The third kappa shape index (κ3) is 4.50. The third-order valence-electron chi connectivity index (χ3n) is 2.14. The molecule has 4 heteroatoms. The molecule has 0 bridgehead atoms. The van der Waals surface area contributed by atoms with E-state index in [4.69, 9.17) is 0 Å². The smallest absolute Gasteiger partial charge is 0.210 e. The molecule has 1 unspecified atom stereocenters. The molecule has 1 aromatic carbocycles. The van der Waals surface area contributed by atoms with E-state index in [-0.39, 0.29) is 18.9 Å². The Morgan fingerprint density at radius 1 is 1.31 bits per heavy atom. The van der Waals surface area contributed by atoms with Crippen LogP contribution in [0.4, 0.5) is 0 Å². The number of carbonyl (C=O) groups excluding carboxylic acids is 1. The van der Waals surface area contributed by atoms with Gasteiger partial charge in [-0.25, -0.2) is 0 Å². The molecule has 0 radical (unpaired) electrons. The third-order valence-corrected chi connectivity index (χ3v) is 2.14. The summed E-state index contributed by atoms with van der Waals surface area (Å²) in [6.45, 7) is -0.206. The quantitative estimate of drug-likeness (QED) is 0.418. The minimum atomic E-state index is -0.399. The summed E-state index contributed by atoms with van der Waals surface area (Å²) in [4.78, 5) is 20.3. The molecule has 0 aromatic heterocycles. The fourth-order valence-electron chi connectivity index (χ4n) is 1.34. The summed E-state index contributed by atoms with van der Waals surface area (Å²) in [6.07, 6.45) is 4.41. The highest BCUT2D eigenvalue weighted by atomic mass is 16.6. The van der Waals surface area contributed by atoms with Crippen molar-refractivity contribution >= 4 is 12.4 Å². The van der Waals surface area contributed by atoms with Gasteiger partial charge in [-0.15, -0.1) is 0 Å². The first kappa shape index (κ1) is 12.1. The zero-order valence-corrected chi connectivity index (χ0v) is 8.78. The predicted octanol–water partition coefficient (Wildman–Crippen LogP) is 2.18. The molecule has 0 amide bonds. The second-order valence-corrected chi connectivity index (χ2v) is 3.45. The molecule has 0 fully saturated rings. The molecular weight excluding hydrogens is 206 g/mol. The zero-order valence-electron chi connectivity index (χ0n) is 8.78. The number of carbonyl (C=O) groups is 1. The number of hydrogen-bond acceptors (Lipinski definition) is 3. The number of nitro groups is 1. The highest BCUT2D eigenvalue weighted by molar-refractivity contribution is 5.53. The molecule has 4 nitrogen and oxygen atoms in total. The van der Waals surface area contributed by atoms with Gasteiger partial charge in [-0.1, -0.05) is 42.5 Å². The summed E-state index contributed by atoms with van der Waals surface area (Å²) < 4.78 is 0. The Bertz CT molecular complexity index is 373. The van der Waals surface area contributed by atoms with Crippen LogP contribution in [0.1, 0.15) is 12.0 Å². The van der Waals surface area contributed by atoms with Gasteiger partial charge in [-0.3, -0.25) is 10.1 Å². The lowest BCUT2D eigenvalue weighted by atomic mass is 10.0. The molecule has 0 N–H and O–H groups in total. The van der Waals surface area contributed by atoms with Crippen molar-refractivity contribution in [1.82, 2.24) is 0 Å². The number of hydrogen-bond donors (Lipinski definition) is 0. The molecule has 0 saturated carbocycles. The maximum Gasteiger partial charge on any atom is 0.210 e. The van der Waals surface area contributed by atoms with E-state index in [9.17, 15) is 14.9 Å². The van der Waals surface area contributed by atoms with Crippen LogP contribution in [0.2, 0.25) is 0 Å². The fraction of sp³-hybridized carbons (Fsp3) is 0.250. The van der Waals surface area contributed by atoms with Crippen LogP contribution in [0, 0.1) is 16.0 Å². The predicted molar refractivity (Wildman–Crippen MR) is 61.5 cm³/mol. The normalized spacial score (nSPS) is 12.5. The molecule has 0 spiro atoms. The lowest BCUT2D eigenvalue weighted by Crippen LogP contribution is -2.12. The summed E-state index contributed by atoms with van der Waals surface area (Å²) in [6, 6.07) is 9.49. The van der Waals surface area contributed by atoms with Crippen molar-refractivity contribution in [2.24, 2.45) is 5.92 Å². The Morgan fingerprint density at radius 2 is 2.00 bits per heavy atom. The molecule has 1 aromatic rings.